The molecule has 1 aromatic carbocycles. The number of amides is 1. The van der Waals surface area contributed by atoms with Gasteiger partial charge >= 0.3 is 0 Å². The zero-order chi connectivity index (χ0) is 24.6. The van der Waals surface area contributed by atoms with E-state index in [0.29, 0.717) is 17.7 Å². The van der Waals surface area contributed by atoms with Crippen molar-refractivity contribution >= 4 is 29.2 Å². The van der Waals surface area contributed by atoms with Crippen molar-refractivity contribution in [3.05, 3.63) is 56.6 Å². The van der Waals surface area contributed by atoms with Crippen molar-refractivity contribution in [2.75, 3.05) is 11.6 Å². The van der Waals surface area contributed by atoms with Gasteiger partial charge in [0.05, 0.1) is 5.69 Å². The van der Waals surface area contributed by atoms with Crippen LogP contribution in [0.15, 0.2) is 29.1 Å². The number of hydrogen-bond acceptors (Lipinski definition) is 6. The van der Waals surface area contributed by atoms with Gasteiger partial charge in [0.15, 0.2) is 11.0 Å². The lowest BCUT2D eigenvalue weighted by atomic mass is 9.87. The van der Waals surface area contributed by atoms with Crippen LogP contribution in [0.25, 0.3) is 0 Å². The van der Waals surface area contributed by atoms with Gasteiger partial charge in [0.2, 0.25) is 5.91 Å². The van der Waals surface area contributed by atoms with E-state index < -0.39 is 17.0 Å². The van der Waals surface area contributed by atoms with E-state index >= 15 is 0 Å². The van der Waals surface area contributed by atoms with E-state index in [0.717, 1.165) is 31.2 Å². The fourth-order valence-electron chi connectivity index (χ4n) is 5.15. The largest absolute Gasteiger partial charge is 0.384 e. The van der Waals surface area contributed by atoms with Crippen molar-refractivity contribution in [2.24, 2.45) is 5.73 Å². The number of nitrogens with two attached hydrogens (primary N) is 1. The second kappa shape index (κ2) is 9.38. The minimum atomic E-state index is -0.739. The van der Waals surface area contributed by atoms with Crippen LogP contribution in [0.5, 0.6) is 0 Å². The molecule has 9 nitrogen and oxygen atoms in total. The molecule has 0 saturated heterocycles. The third-order valence-electron chi connectivity index (χ3n) is 6.93. The van der Waals surface area contributed by atoms with Gasteiger partial charge < -0.3 is 21.1 Å². The molecule has 1 amide bonds. The van der Waals surface area contributed by atoms with Crippen molar-refractivity contribution in [3.8, 4) is 0 Å². The molecule has 2 aliphatic rings. The summed E-state index contributed by atoms with van der Waals surface area (Å²) >= 11 is 6.58. The monoisotopic (exact) mass is 486 g/mol. The number of rotatable bonds is 7. The van der Waals surface area contributed by atoms with Gasteiger partial charge in [-0.25, -0.2) is 4.98 Å². The van der Waals surface area contributed by atoms with Gasteiger partial charge in [-0.15, -0.1) is 0 Å². The second-order valence-electron chi connectivity index (χ2n) is 9.73. The number of nitrogens with zero attached hydrogens (tertiary/aromatic N) is 3. The Hall–Kier alpha value is -2.91. The molecule has 2 aromatic rings. The molecule has 0 bridgehead atoms. The van der Waals surface area contributed by atoms with Crippen molar-refractivity contribution in [1.82, 2.24) is 14.9 Å². The summed E-state index contributed by atoms with van der Waals surface area (Å²) < 4.78 is 1.47. The van der Waals surface area contributed by atoms with E-state index in [1.807, 2.05) is 13.8 Å². The van der Waals surface area contributed by atoms with Gasteiger partial charge in [-0.05, 0) is 24.8 Å². The number of aliphatic hydroxyl groups is 1. The number of halogens is 1. The number of anilines is 1. The van der Waals surface area contributed by atoms with Crippen molar-refractivity contribution < 1.29 is 9.90 Å². The van der Waals surface area contributed by atoms with Gasteiger partial charge in [-0.1, -0.05) is 62.6 Å². The van der Waals surface area contributed by atoms with Crippen LogP contribution in [-0.4, -0.2) is 39.2 Å². The number of carbonyl (C=O) groups excluding carboxylic acids is 1. The smallest absolute Gasteiger partial charge is 0.294 e. The Balaban J connectivity index is 1.63. The highest BCUT2D eigenvalue weighted by Crippen LogP contribution is 2.43. The van der Waals surface area contributed by atoms with Gasteiger partial charge in [0.1, 0.15) is 18.6 Å². The molecule has 182 valence electrons. The Morgan fingerprint density at radius 1 is 1.32 bits per heavy atom. The summed E-state index contributed by atoms with van der Waals surface area (Å²) in [5.41, 5.74) is 6.57. The van der Waals surface area contributed by atoms with E-state index in [-0.39, 0.29) is 42.0 Å². The molecule has 0 radical (unpaired) electrons. The molecular weight excluding hydrogens is 456 g/mol. The number of benzene rings is 1. The molecule has 1 fully saturated rings. The Labute approximate surface area is 203 Å². The fraction of sp³-hybridized carbons (Fsp3) is 0.500. The van der Waals surface area contributed by atoms with Crippen LogP contribution >= 0.6 is 11.6 Å². The normalized spacial score (nSPS) is 19.1. The minimum Gasteiger partial charge on any atom is -0.384 e. The molecule has 2 heterocycles. The number of hydrogen-bond donors (Lipinski definition) is 4. The highest BCUT2D eigenvalue weighted by Gasteiger charge is 2.44. The first-order valence-corrected chi connectivity index (χ1v) is 11.9. The number of amidine groups is 1. The van der Waals surface area contributed by atoms with E-state index in [4.69, 9.17) is 22.7 Å². The average Bonchev–Trinajstić information content (AvgIpc) is 3.42. The van der Waals surface area contributed by atoms with Crippen LogP contribution in [0.3, 0.4) is 0 Å². The molecule has 1 aliphatic carbocycles. The zero-order valence-electron chi connectivity index (χ0n) is 19.5. The molecule has 0 unspecified atom stereocenters. The molecule has 10 heteroatoms. The summed E-state index contributed by atoms with van der Waals surface area (Å²) in [6, 6.07) is 6.35. The summed E-state index contributed by atoms with van der Waals surface area (Å²) in [7, 11) is 0. The first-order valence-electron chi connectivity index (χ1n) is 11.5. The number of nitrogens with one attached hydrogen (secondary N) is 2. The molecule has 1 aromatic heterocycles. The highest BCUT2D eigenvalue weighted by molar-refractivity contribution is 6.30. The van der Waals surface area contributed by atoms with E-state index in [9.17, 15) is 14.7 Å². The lowest BCUT2D eigenvalue weighted by Crippen LogP contribution is -2.42. The SMILES string of the molecule is CC1(C)C[C@@H](C(=O)NCc2ccc(C(=N)N)cc2)n2c1c(Cl)nc(N(CO)C1CCCC1)c2=O. The molecule has 1 aliphatic heterocycles. The van der Waals surface area contributed by atoms with Crippen molar-refractivity contribution in [1.29, 1.82) is 5.41 Å². The third kappa shape index (κ3) is 4.42. The number of aromatic nitrogens is 2. The number of fused-ring (bicyclic) bond motifs is 1. The Morgan fingerprint density at radius 3 is 2.56 bits per heavy atom. The highest BCUT2D eigenvalue weighted by atomic mass is 35.5. The van der Waals surface area contributed by atoms with E-state index in [1.165, 1.54) is 4.57 Å². The van der Waals surface area contributed by atoms with Crippen LogP contribution in [-0.2, 0) is 16.8 Å². The van der Waals surface area contributed by atoms with Crippen LogP contribution < -0.4 is 21.5 Å². The molecular formula is C24H31ClN6O3. The van der Waals surface area contributed by atoms with Crippen LogP contribution in [0, 0.1) is 5.41 Å². The average molecular weight is 487 g/mol. The lowest BCUT2D eigenvalue weighted by molar-refractivity contribution is -0.124. The predicted octanol–water partition coefficient (Wildman–Crippen LogP) is 2.42. The Kier molecular flexibility index (Phi) is 6.69. The molecule has 5 N–H and O–H groups in total. The zero-order valence-corrected chi connectivity index (χ0v) is 20.2. The summed E-state index contributed by atoms with van der Waals surface area (Å²) in [4.78, 5) is 32.9. The summed E-state index contributed by atoms with van der Waals surface area (Å²) in [6.45, 7) is 3.83. The van der Waals surface area contributed by atoms with Crippen molar-refractivity contribution in [3.63, 3.8) is 0 Å². The van der Waals surface area contributed by atoms with Crippen molar-refractivity contribution in [2.45, 2.75) is 70.0 Å². The second-order valence-corrected chi connectivity index (χ2v) is 10.1. The van der Waals surface area contributed by atoms with Crippen LogP contribution in [0.2, 0.25) is 5.15 Å². The van der Waals surface area contributed by atoms with Gasteiger partial charge in [-0.3, -0.25) is 19.6 Å². The maximum absolute atomic E-state index is 13.6. The first kappa shape index (κ1) is 24.2. The minimum absolute atomic E-state index is 0.0180. The van der Waals surface area contributed by atoms with Crippen LogP contribution in [0.4, 0.5) is 5.82 Å². The fourth-order valence-corrected chi connectivity index (χ4v) is 5.58. The quantitative estimate of drug-likeness (QED) is 0.269. The van der Waals surface area contributed by atoms with Crippen LogP contribution in [0.1, 0.15) is 68.8 Å². The standard InChI is InChI=1S/C24H31ClN6O3/c1-24(2)11-17(22(33)28-12-14-7-9-15(10-8-14)20(26)27)31-18(24)19(25)29-21(23(31)34)30(13-32)16-5-3-4-6-16/h7-10,16-17,32H,3-6,11-13H2,1-2H3,(H3,26,27)(H,28,33)/t17-/m0/s1. The first-order chi connectivity index (χ1) is 16.1. The maximum atomic E-state index is 13.6. The lowest BCUT2D eigenvalue weighted by Gasteiger charge is -2.28. The van der Waals surface area contributed by atoms with E-state index in [2.05, 4.69) is 10.3 Å². The Bertz CT molecular complexity index is 1150. The third-order valence-corrected chi connectivity index (χ3v) is 7.19. The number of aliphatic hydroxyl groups excluding tert-OH is 1. The maximum Gasteiger partial charge on any atom is 0.294 e. The topological polar surface area (TPSA) is 137 Å². The van der Waals surface area contributed by atoms with Gasteiger partial charge in [-0.2, -0.15) is 0 Å². The molecule has 0 spiro atoms. The predicted molar refractivity (Wildman–Crippen MR) is 131 cm³/mol. The summed E-state index contributed by atoms with van der Waals surface area (Å²) in [5.74, 6) is -0.205. The summed E-state index contributed by atoms with van der Waals surface area (Å²) in [6.07, 6.45) is 4.22. The van der Waals surface area contributed by atoms with Gasteiger partial charge in [0, 0.05) is 23.6 Å². The van der Waals surface area contributed by atoms with Gasteiger partial charge in [0.25, 0.3) is 5.56 Å². The number of carbonyl (C=O) groups is 1. The van der Waals surface area contributed by atoms with E-state index in [1.54, 1.807) is 29.2 Å². The molecule has 34 heavy (non-hydrogen) atoms. The molecule has 4 rings (SSSR count). The Morgan fingerprint density at radius 2 is 1.97 bits per heavy atom. The summed E-state index contributed by atoms with van der Waals surface area (Å²) in [5, 5.41) is 20.6. The molecule has 1 saturated carbocycles. The number of nitrogen functional groups attached to an aromatic ring is 1. The molecule has 1 atom stereocenters.